The van der Waals surface area contributed by atoms with Crippen LogP contribution in [-0.2, 0) is 0 Å². The lowest BCUT2D eigenvalue weighted by Gasteiger charge is -2.09. The highest BCUT2D eigenvalue weighted by molar-refractivity contribution is 6.29. The van der Waals surface area contributed by atoms with E-state index in [1.54, 1.807) is 13.3 Å². The van der Waals surface area contributed by atoms with Crippen LogP contribution in [0, 0.1) is 0 Å². The first-order valence-corrected chi connectivity index (χ1v) is 10.4. The van der Waals surface area contributed by atoms with Crippen molar-refractivity contribution in [2.24, 2.45) is 0 Å². The molecule has 0 saturated heterocycles. The monoisotopic (exact) mass is 430 g/mol. The van der Waals surface area contributed by atoms with Gasteiger partial charge in [0.2, 0.25) is 0 Å². The average molecular weight is 431 g/mol. The second kappa shape index (κ2) is 9.96. The number of nitrogens with one attached hydrogen (secondary N) is 2. The molecular weight excluding hydrogens is 408 g/mol. The molecule has 2 aromatic heterocycles. The lowest BCUT2D eigenvalue weighted by molar-refractivity contribution is 0.415. The first-order valence-electron chi connectivity index (χ1n) is 10.0. The number of pyridine rings is 2. The minimum Gasteiger partial charge on any atom is -0.497 e. The number of benzene rings is 2. The summed E-state index contributed by atoms with van der Waals surface area (Å²) in [5, 5.41) is 9.42. The van der Waals surface area contributed by atoms with Crippen molar-refractivity contribution in [2.45, 2.75) is 0 Å². The second-order valence-electron chi connectivity index (χ2n) is 6.87. The van der Waals surface area contributed by atoms with Crippen LogP contribution in [-0.4, -0.2) is 30.2 Å². The van der Waals surface area contributed by atoms with Crippen LogP contribution >= 0.6 is 11.6 Å². The molecule has 0 bridgehead atoms. The fraction of sp³-hybridized carbons (Fsp3) is 0.120. The van der Waals surface area contributed by atoms with Crippen molar-refractivity contribution in [3.63, 3.8) is 0 Å². The van der Waals surface area contributed by atoms with Gasteiger partial charge < -0.3 is 15.4 Å². The van der Waals surface area contributed by atoms with Crippen molar-refractivity contribution in [3.8, 4) is 5.75 Å². The van der Waals surface area contributed by atoms with E-state index in [9.17, 15) is 0 Å². The van der Waals surface area contributed by atoms with Gasteiger partial charge in [0.1, 0.15) is 10.9 Å². The molecule has 0 radical (unpaired) electrons. The second-order valence-corrected chi connectivity index (χ2v) is 7.26. The zero-order valence-corrected chi connectivity index (χ0v) is 17.9. The van der Waals surface area contributed by atoms with Crippen LogP contribution < -0.4 is 15.4 Å². The Morgan fingerprint density at radius 3 is 2.55 bits per heavy atom. The van der Waals surface area contributed by atoms with Crippen LogP contribution in [0.25, 0.3) is 21.8 Å². The SMILES string of the molecule is COc1cc(NCC=CC=CCNc2cccc3nc(Cl)ccc23)c2ncccc2c1. The molecule has 0 atom stereocenters. The quantitative estimate of drug-likeness (QED) is 0.262. The summed E-state index contributed by atoms with van der Waals surface area (Å²) in [4.78, 5) is 8.82. The van der Waals surface area contributed by atoms with Crippen LogP contribution in [0.5, 0.6) is 5.75 Å². The molecular formula is C25H23ClN4O. The van der Waals surface area contributed by atoms with E-state index < -0.39 is 0 Å². The molecule has 0 spiro atoms. The summed E-state index contributed by atoms with van der Waals surface area (Å²) in [7, 11) is 1.67. The molecule has 0 aliphatic rings. The van der Waals surface area contributed by atoms with Gasteiger partial charge in [-0.25, -0.2) is 4.98 Å². The summed E-state index contributed by atoms with van der Waals surface area (Å²) in [5.74, 6) is 0.809. The molecule has 31 heavy (non-hydrogen) atoms. The third kappa shape index (κ3) is 5.13. The number of halogens is 1. The lowest BCUT2D eigenvalue weighted by atomic mass is 10.1. The summed E-state index contributed by atoms with van der Waals surface area (Å²) in [6.07, 6.45) is 9.98. The predicted octanol–water partition coefficient (Wildman–Crippen LogP) is 6.08. The molecule has 156 valence electrons. The lowest BCUT2D eigenvalue weighted by Crippen LogP contribution is -2.00. The molecule has 6 heteroatoms. The number of ether oxygens (including phenoxy) is 1. The fourth-order valence-corrected chi connectivity index (χ4v) is 3.49. The van der Waals surface area contributed by atoms with E-state index in [0.29, 0.717) is 18.2 Å². The van der Waals surface area contributed by atoms with Crippen molar-refractivity contribution < 1.29 is 4.74 Å². The highest BCUT2D eigenvalue weighted by Gasteiger charge is 2.04. The van der Waals surface area contributed by atoms with E-state index in [0.717, 1.165) is 38.9 Å². The van der Waals surface area contributed by atoms with E-state index >= 15 is 0 Å². The molecule has 2 aromatic carbocycles. The maximum absolute atomic E-state index is 5.98. The van der Waals surface area contributed by atoms with Crippen molar-refractivity contribution in [2.75, 3.05) is 30.8 Å². The van der Waals surface area contributed by atoms with Gasteiger partial charge in [-0.3, -0.25) is 4.98 Å². The molecule has 0 unspecified atom stereocenters. The molecule has 2 heterocycles. The molecule has 4 rings (SSSR count). The third-order valence-electron chi connectivity index (χ3n) is 4.82. The van der Waals surface area contributed by atoms with E-state index in [-0.39, 0.29) is 0 Å². The Balaban J connectivity index is 1.31. The van der Waals surface area contributed by atoms with Gasteiger partial charge in [0.25, 0.3) is 0 Å². The van der Waals surface area contributed by atoms with E-state index in [1.807, 2.05) is 66.7 Å². The Hall–Kier alpha value is -3.57. The first kappa shape index (κ1) is 20.7. The summed E-state index contributed by atoms with van der Waals surface area (Å²) in [5.41, 5.74) is 3.80. The Morgan fingerprint density at radius 2 is 1.74 bits per heavy atom. The Labute approximate surface area is 186 Å². The summed E-state index contributed by atoms with van der Waals surface area (Å²) < 4.78 is 5.39. The molecule has 0 aliphatic carbocycles. The van der Waals surface area contributed by atoms with Crippen LogP contribution in [0.3, 0.4) is 0 Å². The number of anilines is 2. The first-order chi connectivity index (χ1) is 15.2. The van der Waals surface area contributed by atoms with E-state index in [1.165, 1.54) is 0 Å². The van der Waals surface area contributed by atoms with Crippen molar-refractivity contribution >= 4 is 44.8 Å². The predicted molar refractivity (Wildman–Crippen MR) is 130 cm³/mol. The van der Waals surface area contributed by atoms with Gasteiger partial charge in [-0.15, -0.1) is 0 Å². The number of rotatable bonds is 8. The Morgan fingerprint density at radius 1 is 0.935 bits per heavy atom. The van der Waals surface area contributed by atoms with Gasteiger partial charge in [0, 0.05) is 41.8 Å². The normalized spacial score (nSPS) is 11.5. The van der Waals surface area contributed by atoms with Gasteiger partial charge in [0.05, 0.1) is 23.8 Å². The van der Waals surface area contributed by atoms with Crippen molar-refractivity contribution in [1.82, 2.24) is 9.97 Å². The van der Waals surface area contributed by atoms with Gasteiger partial charge in [-0.2, -0.15) is 0 Å². The zero-order chi connectivity index (χ0) is 21.5. The minimum absolute atomic E-state index is 0.501. The van der Waals surface area contributed by atoms with Gasteiger partial charge in [-0.05, 0) is 36.4 Å². The average Bonchev–Trinajstić information content (AvgIpc) is 2.80. The molecule has 2 N–H and O–H groups in total. The molecule has 4 aromatic rings. The number of nitrogens with zero attached hydrogens (tertiary/aromatic N) is 2. The van der Waals surface area contributed by atoms with Gasteiger partial charge in [-0.1, -0.05) is 48.0 Å². The largest absolute Gasteiger partial charge is 0.497 e. The Kier molecular flexibility index (Phi) is 6.65. The fourth-order valence-electron chi connectivity index (χ4n) is 3.33. The molecule has 0 aliphatic heterocycles. The molecule has 0 fully saturated rings. The summed E-state index contributed by atoms with van der Waals surface area (Å²) >= 11 is 5.98. The van der Waals surface area contributed by atoms with Crippen LogP contribution in [0.15, 0.2) is 85.1 Å². The highest BCUT2D eigenvalue weighted by Crippen LogP contribution is 2.27. The zero-order valence-electron chi connectivity index (χ0n) is 17.2. The number of hydrogen-bond acceptors (Lipinski definition) is 5. The topological polar surface area (TPSA) is 59.1 Å². The maximum atomic E-state index is 5.98. The number of methoxy groups -OCH3 is 1. The standard InChI is InChI=1S/C25H23ClN4O/c1-31-19-16-18-8-7-15-29-25(18)23(17-19)28-14-5-3-2-4-13-27-21-9-6-10-22-20(21)11-12-24(26)30-22/h2-12,15-17,27-28H,13-14H2,1H3. The van der Waals surface area contributed by atoms with Gasteiger partial charge in [0.15, 0.2) is 0 Å². The number of aromatic nitrogens is 2. The molecule has 0 amide bonds. The summed E-state index contributed by atoms with van der Waals surface area (Å²) in [6, 6.07) is 17.7. The Bertz CT molecular complexity index is 1250. The van der Waals surface area contributed by atoms with E-state index in [2.05, 4.69) is 32.8 Å². The summed E-state index contributed by atoms with van der Waals surface area (Å²) in [6.45, 7) is 1.40. The molecule has 0 saturated carbocycles. The third-order valence-corrected chi connectivity index (χ3v) is 5.03. The molecule has 5 nitrogen and oxygen atoms in total. The van der Waals surface area contributed by atoms with Crippen LogP contribution in [0.1, 0.15) is 0 Å². The number of fused-ring (bicyclic) bond motifs is 2. The van der Waals surface area contributed by atoms with Crippen LogP contribution in [0.2, 0.25) is 5.15 Å². The van der Waals surface area contributed by atoms with Crippen molar-refractivity contribution in [3.05, 3.63) is 90.3 Å². The minimum atomic E-state index is 0.501. The maximum Gasteiger partial charge on any atom is 0.129 e. The van der Waals surface area contributed by atoms with Crippen molar-refractivity contribution in [1.29, 1.82) is 0 Å². The van der Waals surface area contributed by atoms with E-state index in [4.69, 9.17) is 16.3 Å². The smallest absolute Gasteiger partial charge is 0.129 e. The number of allylic oxidation sites excluding steroid dienone is 2. The highest BCUT2D eigenvalue weighted by atomic mass is 35.5. The van der Waals surface area contributed by atoms with Crippen LogP contribution in [0.4, 0.5) is 11.4 Å². The van der Waals surface area contributed by atoms with Gasteiger partial charge >= 0.3 is 0 Å². The number of hydrogen-bond donors (Lipinski definition) is 2.